The predicted molar refractivity (Wildman–Crippen MR) is 88.1 cm³/mol. The van der Waals surface area contributed by atoms with Crippen molar-refractivity contribution in [2.75, 3.05) is 4.72 Å². The van der Waals surface area contributed by atoms with E-state index in [1.807, 2.05) is 13.0 Å². The quantitative estimate of drug-likeness (QED) is 0.750. The molecule has 21 heavy (non-hydrogen) atoms. The molecule has 2 aromatic rings. The summed E-state index contributed by atoms with van der Waals surface area (Å²) in [5, 5.41) is 8.92. The van der Waals surface area contributed by atoms with Crippen LogP contribution in [-0.2, 0) is 10.0 Å². The van der Waals surface area contributed by atoms with Crippen LogP contribution >= 0.6 is 22.6 Å². The molecule has 0 aromatic heterocycles. The third-order valence-corrected chi connectivity index (χ3v) is 5.36. The van der Waals surface area contributed by atoms with E-state index in [2.05, 4.69) is 27.3 Å². The molecule has 2 aromatic carbocycles. The first-order chi connectivity index (χ1) is 9.79. The van der Waals surface area contributed by atoms with Gasteiger partial charge in [0.15, 0.2) is 0 Å². The van der Waals surface area contributed by atoms with E-state index in [0.717, 1.165) is 15.2 Å². The van der Waals surface area contributed by atoms with E-state index in [4.69, 9.17) is 5.11 Å². The monoisotopic (exact) mass is 417 g/mol. The summed E-state index contributed by atoms with van der Waals surface area (Å²) in [5.74, 6) is -1.17. The molecule has 0 aliphatic heterocycles. The Hall–Kier alpha value is -1.61. The fourth-order valence-electron chi connectivity index (χ4n) is 1.67. The normalized spacial score (nSPS) is 11.1. The number of aryl methyl sites for hydroxylation is 1. The molecule has 0 atom stereocenters. The molecular formula is C14H12INO4S. The number of anilines is 1. The number of hydrogen-bond donors (Lipinski definition) is 2. The van der Waals surface area contributed by atoms with Crippen LogP contribution in [-0.4, -0.2) is 19.5 Å². The van der Waals surface area contributed by atoms with Crippen LogP contribution in [0.5, 0.6) is 0 Å². The predicted octanol–water partition coefficient (Wildman–Crippen LogP) is 3.10. The van der Waals surface area contributed by atoms with E-state index in [1.165, 1.54) is 18.2 Å². The zero-order valence-electron chi connectivity index (χ0n) is 11.0. The van der Waals surface area contributed by atoms with Gasteiger partial charge < -0.3 is 5.11 Å². The Balaban J connectivity index is 2.36. The molecule has 0 saturated carbocycles. The first-order valence-electron chi connectivity index (χ1n) is 5.92. The largest absolute Gasteiger partial charge is 0.478 e. The van der Waals surface area contributed by atoms with Crippen LogP contribution in [0.3, 0.4) is 0 Å². The molecule has 0 bridgehead atoms. The molecule has 0 amide bonds. The smallest absolute Gasteiger partial charge is 0.335 e. The van der Waals surface area contributed by atoms with E-state index in [-0.39, 0.29) is 10.5 Å². The van der Waals surface area contributed by atoms with Crippen molar-refractivity contribution in [2.45, 2.75) is 11.8 Å². The molecular weight excluding hydrogens is 405 g/mol. The molecule has 0 heterocycles. The highest BCUT2D eigenvalue weighted by atomic mass is 127. The third-order valence-electron chi connectivity index (χ3n) is 2.82. The lowest BCUT2D eigenvalue weighted by Crippen LogP contribution is -2.14. The zero-order chi connectivity index (χ0) is 15.6. The van der Waals surface area contributed by atoms with Crippen molar-refractivity contribution in [3.05, 3.63) is 57.2 Å². The summed E-state index contributed by atoms with van der Waals surface area (Å²) in [5.41, 5.74) is 1.41. The Bertz CT molecular complexity index is 802. The number of halogens is 1. The first-order valence-corrected chi connectivity index (χ1v) is 8.48. The SMILES string of the molecule is Cc1ccc(NS(=O)(=O)c2cccc(C(=O)O)c2)cc1I. The number of carboxylic acids is 1. The van der Waals surface area contributed by atoms with Crippen LogP contribution in [0.25, 0.3) is 0 Å². The second kappa shape index (κ2) is 6.02. The molecule has 110 valence electrons. The van der Waals surface area contributed by atoms with Crippen molar-refractivity contribution < 1.29 is 18.3 Å². The van der Waals surface area contributed by atoms with Crippen molar-refractivity contribution in [3.63, 3.8) is 0 Å². The molecule has 5 nitrogen and oxygen atoms in total. The van der Waals surface area contributed by atoms with Crippen LogP contribution in [0.2, 0.25) is 0 Å². The lowest BCUT2D eigenvalue weighted by molar-refractivity contribution is 0.0696. The van der Waals surface area contributed by atoms with Gasteiger partial charge in [0.25, 0.3) is 10.0 Å². The summed E-state index contributed by atoms with van der Waals surface area (Å²) in [4.78, 5) is 10.8. The molecule has 2 N–H and O–H groups in total. The van der Waals surface area contributed by atoms with Crippen LogP contribution < -0.4 is 4.72 Å². The first kappa shape index (κ1) is 15.8. The minimum atomic E-state index is -3.82. The maximum Gasteiger partial charge on any atom is 0.335 e. The fourth-order valence-corrected chi connectivity index (χ4v) is 3.28. The summed E-state index contributed by atoms with van der Waals surface area (Å²) in [6.45, 7) is 1.93. The highest BCUT2D eigenvalue weighted by molar-refractivity contribution is 14.1. The Morgan fingerprint density at radius 1 is 1.19 bits per heavy atom. The Labute approximate surface area is 136 Å². The van der Waals surface area contributed by atoms with E-state index >= 15 is 0 Å². The van der Waals surface area contributed by atoms with Gasteiger partial charge in [-0.05, 0) is 65.4 Å². The van der Waals surface area contributed by atoms with Gasteiger partial charge >= 0.3 is 5.97 Å². The van der Waals surface area contributed by atoms with Crippen LogP contribution in [0.1, 0.15) is 15.9 Å². The van der Waals surface area contributed by atoms with Crippen molar-refractivity contribution >= 4 is 44.3 Å². The van der Waals surface area contributed by atoms with Gasteiger partial charge in [0.05, 0.1) is 10.5 Å². The number of benzene rings is 2. The fraction of sp³-hybridized carbons (Fsp3) is 0.0714. The number of aromatic carboxylic acids is 1. The number of sulfonamides is 1. The zero-order valence-corrected chi connectivity index (χ0v) is 14.0. The van der Waals surface area contributed by atoms with Gasteiger partial charge in [0, 0.05) is 9.26 Å². The number of carboxylic acid groups (broad SMARTS) is 1. The van der Waals surface area contributed by atoms with Crippen LogP contribution in [0, 0.1) is 10.5 Å². The van der Waals surface area contributed by atoms with Crippen molar-refractivity contribution in [3.8, 4) is 0 Å². The second-order valence-electron chi connectivity index (χ2n) is 4.40. The number of nitrogens with one attached hydrogen (secondary N) is 1. The summed E-state index contributed by atoms with van der Waals surface area (Å²) < 4.78 is 27.9. The minimum absolute atomic E-state index is 0.0728. The molecule has 0 spiro atoms. The average molecular weight is 417 g/mol. The van der Waals surface area contributed by atoms with Gasteiger partial charge in [-0.15, -0.1) is 0 Å². The van der Waals surface area contributed by atoms with Gasteiger partial charge in [-0.2, -0.15) is 0 Å². The number of hydrogen-bond acceptors (Lipinski definition) is 3. The van der Waals surface area contributed by atoms with Gasteiger partial charge in [-0.3, -0.25) is 4.72 Å². The Morgan fingerprint density at radius 3 is 2.52 bits per heavy atom. The van der Waals surface area contributed by atoms with Gasteiger partial charge in [-0.1, -0.05) is 12.1 Å². The number of rotatable bonds is 4. The standard InChI is InChI=1S/C14H12INO4S/c1-9-5-6-11(8-13(9)15)16-21(19,20)12-4-2-3-10(7-12)14(17)18/h2-8,16H,1H3,(H,17,18). The van der Waals surface area contributed by atoms with E-state index in [0.29, 0.717) is 5.69 Å². The molecule has 2 rings (SSSR count). The molecule has 0 fully saturated rings. The van der Waals surface area contributed by atoms with E-state index in [9.17, 15) is 13.2 Å². The maximum atomic E-state index is 12.3. The van der Waals surface area contributed by atoms with Gasteiger partial charge in [-0.25, -0.2) is 13.2 Å². The lowest BCUT2D eigenvalue weighted by atomic mass is 10.2. The summed E-state index contributed by atoms with van der Waals surface area (Å²) in [6.07, 6.45) is 0. The van der Waals surface area contributed by atoms with Crippen LogP contribution in [0.4, 0.5) is 5.69 Å². The molecule has 0 aliphatic carbocycles. The second-order valence-corrected chi connectivity index (χ2v) is 7.25. The van der Waals surface area contributed by atoms with Crippen molar-refractivity contribution in [1.29, 1.82) is 0 Å². The highest BCUT2D eigenvalue weighted by Gasteiger charge is 2.16. The van der Waals surface area contributed by atoms with E-state index in [1.54, 1.807) is 12.1 Å². The van der Waals surface area contributed by atoms with Gasteiger partial charge in [0.1, 0.15) is 0 Å². The summed E-state index contributed by atoms with van der Waals surface area (Å²) >= 11 is 2.12. The van der Waals surface area contributed by atoms with Crippen molar-refractivity contribution in [2.24, 2.45) is 0 Å². The minimum Gasteiger partial charge on any atom is -0.478 e. The van der Waals surface area contributed by atoms with E-state index < -0.39 is 16.0 Å². The maximum absolute atomic E-state index is 12.3. The molecule has 0 saturated heterocycles. The summed E-state index contributed by atoms with van der Waals surface area (Å²) in [6, 6.07) is 10.4. The van der Waals surface area contributed by atoms with Gasteiger partial charge in [0.2, 0.25) is 0 Å². The Morgan fingerprint density at radius 2 is 1.90 bits per heavy atom. The summed E-state index contributed by atoms with van der Waals surface area (Å²) in [7, 11) is -3.82. The van der Waals surface area contributed by atoms with Crippen molar-refractivity contribution in [1.82, 2.24) is 0 Å². The number of carbonyl (C=O) groups is 1. The molecule has 0 unspecified atom stereocenters. The molecule has 7 heteroatoms. The molecule has 0 radical (unpaired) electrons. The van der Waals surface area contributed by atoms with Crippen LogP contribution in [0.15, 0.2) is 47.4 Å². The lowest BCUT2D eigenvalue weighted by Gasteiger charge is -2.10. The Kier molecular flexibility index (Phi) is 4.52. The topological polar surface area (TPSA) is 83.5 Å². The third kappa shape index (κ3) is 3.73. The molecule has 0 aliphatic rings. The highest BCUT2D eigenvalue weighted by Crippen LogP contribution is 2.21. The average Bonchev–Trinajstić information content (AvgIpc) is 2.43.